The van der Waals surface area contributed by atoms with Gasteiger partial charge in [-0.2, -0.15) is 9.61 Å². The smallest absolute Gasteiger partial charge is 0.235 e. The van der Waals surface area contributed by atoms with Gasteiger partial charge in [-0.15, -0.1) is 10.2 Å². The highest BCUT2D eigenvalue weighted by atomic mass is 79.9. The van der Waals surface area contributed by atoms with Crippen molar-refractivity contribution in [3.8, 4) is 22.0 Å². The Morgan fingerprint density at radius 2 is 1.75 bits per heavy atom. The fourth-order valence-electron chi connectivity index (χ4n) is 2.45. The maximum atomic E-state index is 4.71. The molecule has 2 aromatic heterocycles. The molecule has 0 N–H and O–H groups in total. The summed E-state index contributed by atoms with van der Waals surface area (Å²) in [5.74, 6) is 0.741. The Hall–Kier alpha value is -2.25. The molecular weight excluding hydrogens is 386 g/mol. The summed E-state index contributed by atoms with van der Waals surface area (Å²) in [5, 5.41) is 14.2. The molecule has 7 heteroatoms. The zero-order valence-corrected chi connectivity index (χ0v) is 15.5. The van der Waals surface area contributed by atoms with Gasteiger partial charge in [0.05, 0.1) is 0 Å². The van der Waals surface area contributed by atoms with Crippen molar-refractivity contribution in [3.63, 3.8) is 0 Å². The summed E-state index contributed by atoms with van der Waals surface area (Å²) in [4.78, 5) is 2.86. The second-order valence-electron chi connectivity index (χ2n) is 5.55. The molecule has 24 heavy (non-hydrogen) atoms. The van der Waals surface area contributed by atoms with Gasteiger partial charge in [0.15, 0.2) is 5.82 Å². The van der Waals surface area contributed by atoms with E-state index < -0.39 is 0 Å². The first-order chi connectivity index (χ1) is 11.6. The van der Waals surface area contributed by atoms with E-state index in [1.165, 1.54) is 11.3 Å². The highest BCUT2D eigenvalue weighted by Crippen LogP contribution is 2.31. The van der Waals surface area contributed by atoms with Gasteiger partial charge < -0.3 is 4.90 Å². The lowest BCUT2D eigenvalue weighted by Gasteiger charge is -2.11. The van der Waals surface area contributed by atoms with Crippen LogP contribution < -0.4 is 4.90 Å². The molecule has 0 fully saturated rings. The van der Waals surface area contributed by atoms with Gasteiger partial charge in [0, 0.05) is 35.4 Å². The quantitative estimate of drug-likeness (QED) is 0.513. The van der Waals surface area contributed by atoms with Crippen LogP contribution in [0.4, 0.5) is 5.69 Å². The molecule has 0 atom stereocenters. The highest BCUT2D eigenvalue weighted by molar-refractivity contribution is 9.10. The lowest BCUT2D eigenvalue weighted by Crippen LogP contribution is -2.07. The number of rotatable bonds is 3. The van der Waals surface area contributed by atoms with Crippen LogP contribution in [0, 0.1) is 0 Å². The molecule has 0 bridgehead atoms. The Balaban J connectivity index is 1.78. The first-order valence-corrected chi connectivity index (χ1v) is 8.99. The number of hydrogen-bond acceptors (Lipinski definition) is 5. The van der Waals surface area contributed by atoms with Gasteiger partial charge in [0.25, 0.3) is 0 Å². The Bertz CT molecular complexity index is 1000. The molecule has 0 aliphatic rings. The molecule has 120 valence electrons. The molecule has 0 saturated carbocycles. The van der Waals surface area contributed by atoms with Gasteiger partial charge in [0.2, 0.25) is 4.96 Å². The van der Waals surface area contributed by atoms with E-state index in [0.29, 0.717) is 0 Å². The lowest BCUT2D eigenvalue weighted by molar-refractivity contribution is 0.969. The third-order valence-corrected chi connectivity index (χ3v) is 5.38. The largest absolute Gasteiger partial charge is 0.378 e. The normalized spacial score (nSPS) is 11.1. The summed E-state index contributed by atoms with van der Waals surface area (Å²) >= 11 is 5.10. The molecule has 0 saturated heterocycles. The maximum Gasteiger partial charge on any atom is 0.235 e. The molecule has 0 spiro atoms. The Labute approximate surface area is 151 Å². The van der Waals surface area contributed by atoms with E-state index in [4.69, 9.17) is 5.10 Å². The van der Waals surface area contributed by atoms with Gasteiger partial charge in [0.1, 0.15) is 5.01 Å². The zero-order chi connectivity index (χ0) is 16.7. The van der Waals surface area contributed by atoms with Gasteiger partial charge in [-0.05, 0) is 36.4 Å². The standard InChI is InChI=1S/C17H14BrN5S/c1-22(2)12-9-7-11(8-10-12)16-21-23-15(19-20-17(23)24-16)13-5-3-4-6-14(13)18/h3-10H,1-2H3. The van der Waals surface area contributed by atoms with Crippen molar-refractivity contribution in [2.75, 3.05) is 19.0 Å². The number of anilines is 1. The van der Waals surface area contributed by atoms with Crippen molar-refractivity contribution in [3.05, 3.63) is 53.0 Å². The molecule has 4 aromatic rings. The molecule has 4 rings (SSSR count). The second kappa shape index (κ2) is 5.99. The second-order valence-corrected chi connectivity index (χ2v) is 7.36. The zero-order valence-electron chi connectivity index (χ0n) is 13.1. The van der Waals surface area contributed by atoms with Crippen LogP contribution in [-0.4, -0.2) is 33.9 Å². The van der Waals surface area contributed by atoms with Crippen molar-refractivity contribution in [2.24, 2.45) is 0 Å². The van der Waals surface area contributed by atoms with Crippen LogP contribution in [0.1, 0.15) is 0 Å². The number of halogens is 1. The number of aromatic nitrogens is 4. The van der Waals surface area contributed by atoms with Gasteiger partial charge in [-0.1, -0.05) is 39.4 Å². The van der Waals surface area contributed by atoms with Gasteiger partial charge in [-0.3, -0.25) is 0 Å². The number of hydrogen-bond donors (Lipinski definition) is 0. The Morgan fingerprint density at radius 1 is 1.00 bits per heavy atom. The molecule has 5 nitrogen and oxygen atoms in total. The minimum absolute atomic E-state index is 0.741. The lowest BCUT2D eigenvalue weighted by atomic mass is 10.2. The summed E-state index contributed by atoms with van der Waals surface area (Å²) in [6.07, 6.45) is 0. The number of benzene rings is 2. The molecule has 2 aromatic carbocycles. The van der Waals surface area contributed by atoms with E-state index in [9.17, 15) is 0 Å². The number of nitrogens with zero attached hydrogens (tertiary/aromatic N) is 5. The van der Waals surface area contributed by atoms with E-state index in [0.717, 1.165) is 37.1 Å². The fourth-order valence-corrected chi connectivity index (χ4v) is 3.75. The van der Waals surface area contributed by atoms with Crippen LogP contribution in [0.25, 0.3) is 26.9 Å². The molecule has 0 radical (unpaired) electrons. The van der Waals surface area contributed by atoms with Gasteiger partial charge in [-0.25, -0.2) is 0 Å². The number of fused-ring (bicyclic) bond motifs is 1. The Morgan fingerprint density at radius 3 is 2.46 bits per heavy atom. The first-order valence-electron chi connectivity index (χ1n) is 7.38. The van der Waals surface area contributed by atoms with E-state index >= 15 is 0 Å². The van der Waals surface area contributed by atoms with Crippen molar-refractivity contribution >= 4 is 37.9 Å². The minimum Gasteiger partial charge on any atom is -0.378 e. The van der Waals surface area contributed by atoms with E-state index in [1.54, 1.807) is 4.52 Å². The molecule has 0 amide bonds. The third kappa shape index (κ3) is 2.59. The van der Waals surface area contributed by atoms with Crippen LogP contribution in [-0.2, 0) is 0 Å². The van der Waals surface area contributed by atoms with Crippen molar-refractivity contribution in [1.29, 1.82) is 0 Å². The molecule has 0 unspecified atom stereocenters. The van der Waals surface area contributed by atoms with Crippen LogP contribution in [0.15, 0.2) is 53.0 Å². The first kappa shape index (κ1) is 15.3. The third-order valence-electron chi connectivity index (χ3n) is 3.74. The van der Waals surface area contributed by atoms with E-state index in [-0.39, 0.29) is 0 Å². The predicted molar refractivity (Wildman–Crippen MR) is 102 cm³/mol. The SMILES string of the molecule is CN(C)c1ccc(-c2nn3c(-c4ccccc4Br)nnc3s2)cc1. The fraction of sp³-hybridized carbons (Fsp3) is 0.118. The molecule has 0 aliphatic heterocycles. The van der Waals surface area contributed by atoms with Crippen molar-refractivity contribution in [2.45, 2.75) is 0 Å². The minimum atomic E-state index is 0.741. The van der Waals surface area contributed by atoms with Crippen LogP contribution in [0.3, 0.4) is 0 Å². The molecule has 0 aliphatic carbocycles. The summed E-state index contributed by atoms with van der Waals surface area (Å²) in [5.41, 5.74) is 3.22. The van der Waals surface area contributed by atoms with Crippen LogP contribution in [0.2, 0.25) is 0 Å². The van der Waals surface area contributed by atoms with Crippen molar-refractivity contribution in [1.82, 2.24) is 19.8 Å². The maximum absolute atomic E-state index is 4.71. The topological polar surface area (TPSA) is 46.3 Å². The Kier molecular flexibility index (Phi) is 3.82. The predicted octanol–water partition coefficient (Wildman–Crippen LogP) is 4.35. The summed E-state index contributed by atoms with van der Waals surface area (Å²) in [7, 11) is 4.06. The summed E-state index contributed by atoms with van der Waals surface area (Å²) in [6, 6.07) is 16.3. The molecular formula is C17H14BrN5S. The van der Waals surface area contributed by atoms with E-state index in [2.05, 4.69) is 55.3 Å². The van der Waals surface area contributed by atoms with Crippen LogP contribution in [0.5, 0.6) is 0 Å². The average molecular weight is 400 g/mol. The van der Waals surface area contributed by atoms with Crippen molar-refractivity contribution < 1.29 is 0 Å². The van der Waals surface area contributed by atoms with E-state index in [1.807, 2.05) is 38.4 Å². The summed E-state index contributed by atoms with van der Waals surface area (Å²) in [6.45, 7) is 0. The van der Waals surface area contributed by atoms with Crippen LogP contribution >= 0.6 is 27.3 Å². The summed E-state index contributed by atoms with van der Waals surface area (Å²) < 4.78 is 2.78. The highest BCUT2D eigenvalue weighted by Gasteiger charge is 2.16. The van der Waals surface area contributed by atoms with Gasteiger partial charge >= 0.3 is 0 Å². The molecule has 2 heterocycles. The monoisotopic (exact) mass is 399 g/mol. The average Bonchev–Trinajstić information content (AvgIpc) is 3.16.